The molecule has 1 N–H and O–H groups in total. The Bertz CT molecular complexity index is 223. The van der Waals surface area contributed by atoms with Crippen LogP contribution in [0.25, 0.3) is 0 Å². The van der Waals surface area contributed by atoms with Gasteiger partial charge in [-0.25, -0.2) is 0 Å². The van der Waals surface area contributed by atoms with Gasteiger partial charge in [-0.05, 0) is 25.5 Å². The molecule has 0 bridgehead atoms. The molecule has 2 nitrogen and oxygen atoms in total. The molecule has 1 unspecified atom stereocenters. The average molecular weight is 197 g/mol. The third-order valence-corrected chi connectivity index (χ3v) is 3.27. The van der Waals surface area contributed by atoms with Gasteiger partial charge < -0.3 is 5.32 Å². The van der Waals surface area contributed by atoms with Crippen LogP contribution in [0, 0.1) is 17.8 Å². The highest BCUT2D eigenvalue weighted by Crippen LogP contribution is 2.22. The smallest absolute Gasteiger partial charge is 0.224 e. The topological polar surface area (TPSA) is 29.1 Å². The molecule has 0 aromatic carbocycles. The van der Waals surface area contributed by atoms with Gasteiger partial charge >= 0.3 is 0 Å². The molecular weight excluding hydrogens is 182 g/mol. The molecule has 1 atom stereocenters. The molecule has 1 fully saturated rings. The molecule has 1 heterocycles. The fraction of sp³-hybridized carbons (Fsp3) is 0.700. The summed E-state index contributed by atoms with van der Waals surface area (Å²) in [6.07, 6.45) is 2.21. The molecule has 72 valence electrons. The third-order valence-electron chi connectivity index (χ3n) is 2.06. The van der Waals surface area contributed by atoms with E-state index in [2.05, 4.69) is 17.2 Å². The minimum atomic E-state index is 0.176. The number of hydrogen-bond acceptors (Lipinski definition) is 2. The van der Waals surface area contributed by atoms with Crippen molar-refractivity contribution >= 4 is 17.7 Å². The Balaban J connectivity index is 2.23. The number of hydrogen-bond donors (Lipinski definition) is 1. The molecule has 1 aliphatic heterocycles. The van der Waals surface area contributed by atoms with Gasteiger partial charge in [-0.1, -0.05) is 5.92 Å². The van der Waals surface area contributed by atoms with Crippen LogP contribution in [0.15, 0.2) is 0 Å². The molecule has 0 aromatic rings. The fourth-order valence-corrected chi connectivity index (χ4v) is 2.45. The van der Waals surface area contributed by atoms with E-state index in [4.69, 9.17) is 0 Å². The van der Waals surface area contributed by atoms with Crippen molar-refractivity contribution in [3.05, 3.63) is 0 Å². The number of carbonyl (C=O) groups is 1. The SMILES string of the molecule is CC#CCNC(=O)C1CCCSC1. The normalized spacial score (nSPS) is 21.5. The van der Waals surface area contributed by atoms with E-state index in [0.29, 0.717) is 6.54 Å². The van der Waals surface area contributed by atoms with Crippen LogP contribution in [-0.4, -0.2) is 24.0 Å². The highest BCUT2D eigenvalue weighted by Gasteiger charge is 2.20. The molecule has 0 saturated carbocycles. The highest BCUT2D eigenvalue weighted by atomic mass is 32.2. The monoisotopic (exact) mass is 197 g/mol. The maximum Gasteiger partial charge on any atom is 0.224 e. The van der Waals surface area contributed by atoms with Crippen molar-refractivity contribution in [3.63, 3.8) is 0 Å². The number of nitrogens with one attached hydrogen (secondary N) is 1. The first-order chi connectivity index (χ1) is 6.34. The van der Waals surface area contributed by atoms with Crippen LogP contribution in [0.3, 0.4) is 0 Å². The summed E-state index contributed by atoms with van der Waals surface area (Å²) in [5.41, 5.74) is 0. The van der Waals surface area contributed by atoms with E-state index in [0.717, 1.165) is 12.2 Å². The van der Waals surface area contributed by atoms with E-state index in [1.807, 2.05) is 11.8 Å². The van der Waals surface area contributed by atoms with E-state index in [-0.39, 0.29) is 11.8 Å². The van der Waals surface area contributed by atoms with Crippen molar-refractivity contribution in [2.24, 2.45) is 5.92 Å². The molecule has 1 rings (SSSR count). The largest absolute Gasteiger partial charge is 0.345 e. The van der Waals surface area contributed by atoms with Gasteiger partial charge in [0.2, 0.25) is 5.91 Å². The zero-order valence-corrected chi connectivity index (χ0v) is 8.75. The van der Waals surface area contributed by atoms with Crippen LogP contribution in [0.1, 0.15) is 19.8 Å². The quantitative estimate of drug-likeness (QED) is 0.675. The van der Waals surface area contributed by atoms with E-state index in [1.165, 1.54) is 12.2 Å². The molecule has 1 aliphatic rings. The second kappa shape index (κ2) is 5.93. The van der Waals surface area contributed by atoms with Gasteiger partial charge in [0.1, 0.15) is 0 Å². The molecule has 0 radical (unpaired) electrons. The Morgan fingerprint density at radius 2 is 2.54 bits per heavy atom. The van der Waals surface area contributed by atoms with Crippen LogP contribution in [0.2, 0.25) is 0 Å². The molecule has 1 saturated heterocycles. The predicted molar refractivity (Wildman–Crippen MR) is 56.5 cm³/mol. The van der Waals surface area contributed by atoms with E-state index >= 15 is 0 Å². The Hall–Kier alpha value is -0.620. The Kier molecular flexibility index (Phi) is 4.77. The van der Waals surface area contributed by atoms with Gasteiger partial charge in [-0.3, -0.25) is 4.79 Å². The van der Waals surface area contributed by atoms with Crippen molar-refractivity contribution in [1.29, 1.82) is 0 Å². The number of amides is 1. The molecule has 0 aromatic heterocycles. The number of thioether (sulfide) groups is 1. The standard InChI is InChI=1S/C10H15NOS/c1-2-3-6-11-10(12)9-5-4-7-13-8-9/h9H,4-8H2,1H3,(H,11,12). The third kappa shape index (κ3) is 3.73. The first-order valence-electron chi connectivity index (χ1n) is 4.59. The van der Waals surface area contributed by atoms with Gasteiger partial charge in [-0.2, -0.15) is 11.8 Å². The van der Waals surface area contributed by atoms with Crippen molar-refractivity contribution in [3.8, 4) is 11.8 Å². The maximum atomic E-state index is 11.5. The number of rotatable bonds is 2. The van der Waals surface area contributed by atoms with Crippen molar-refractivity contribution in [2.45, 2.75) is 19.8 Å². The van der Waals surface area contributed by atoms with Crippen LogP contribution in [0.5, 0.6) is 0 Å². The fourth-order valence-electron chi connectivity index (χ4n) is 1.31. The summed E-state index contributed by atoms with van der Waals surface area (Å²) in [5, 5.41) is 2.83. The summed E-state index contributed by atoms with van der Waals surface area (Å²) in [6, 6.07) is 0. The van der Waals surface area contributed by atoms with Crippen LogP contribution < -0.4 is 5.32 Å². The van der Waals surface area contributed by atoms with Gasteiger partial charge in [0.05, 0.1) is 6.54 Å². The number of carbonyl (C=O) groups excluding carboxylic acids is 1. The molecular formula is C10H15NOS. The van der Waals surface area contributed by atoms with Gasteiger partial charge in [0.25, 0.3) is 0 Å². The second-order valence-corrected chi connectivity index (χ2v) is 4.21. The van der Waals surface area contributed by atoms with Gasteiger partial charge in [-0.15, -0.1) is 5.92 Å². The van der Waals surface area contributed by atoms with Crippen LogP contribution >= 0.6 is 11.8 Å². The zero-order chi connectivity index (χ0) is 9.52. The minimum absolute atomic E-state index is 0.176. The Morgan fingerprint density at radius 3 is 3.15 bits per heavy atom. The molecule has 0 aliphatic carbocycles. The van der Waals surface area contributed by atoms with E-state index < -0.39 is 0 Å². The summed E-state index contributed by atoms with van der Waals surface area (Å²) in [6.45, 7) is 2.28. The lowest BCUT2D eigenvalue weighted by Crippen LogP contribution is -2.33. The van der Waals surface area contributed by atoms with Gasteiger partial charge in [0, 0.05) is 11.7 Å². The van der Waals surface area contributed by atoms with Crippen LogP contribution in [0.4, 0.5) is 0 Å². The average Bonchev–Trinajstić information content (AvgIpc) is 2.19. The summed E-state index contributed by atoms with van der Waals surface area (Å²) in [4.78, 5) is 11.5. The Morgan fingerprint density at radius 1 is 1.69 bits per heavy atom. The highest BCUT2D eigenvalue weighted by molar-refractivity contribution is 7.99. The maximum absolute atomic E-state index is 11.5. The van der Waals surface area contributed by atoms with E-state index in [1.54, 1.807) is 6.92 Å². The lowest BCUT2D eigenvalue weighted by molar-refractivity contribution is -0.124. The van der Waals surface area contributed by atoms with Crippen molar-refractivity contribution < 1.29 is 4.79 Å². The first kappa shape index (κ1) is 10.5. The first-order valence-corrected chi connectivity index (χ1v) is 5.75. The Labute approximate surface area is 83.9 Å². The molecule has 3 heteroatoms. The minimum Gasteiger partial charge on any atom is -0.345 e. The second-order valence-electron chi connectivity index (χ2n) is 3.06. The van der Waals surface area contributed by atoms with E-state index in [9.17, 15) is 4.79 Å². The lowest BCUT2D eigenvalue weighted by atomic mass is 10.1. The lowest BCUT2D eigenvalue weighted by Gasteiger charge is -2.19. The predicted octanol–water partition coefficient (Wildman–Crippen LogP) is 1.27. The van der Waals surface area contributed by atoms with Gasteiger partial charge in [0.15, 0.2) is 0 Å². The molecule has 13 heavy (non-hydrogen) atoms. The molecule has 1 amide bonds. The summed E-state index contributed by atoms with van der Waals surface area (Å²) < 4.78 is 0. The summed E-state index contributed by atoms with van der Waals surface area (Å²) in [5.74, 6) is 8.17. The molecule has 0 spiro atoms. The summed E-state index contributed by atoms with van der Waals surface area (Å²) >= 11 is 1.87. The summed E-state index contributed by atoms with van der Waals surface area (Å²) in [7, 11) is 0. The van der Waals surface area contributed by atoms with Crippen LogP contribution in [-0.2, 0) is 4.79 Å². The zero-order valence-electron chi connectivity index (χ0n) is 7.93. The van der Waals surface area contributed by atoms with Crippen molar-refractivity contribution in [1.82, 2.24) is 5.32 Å². The van der Waals surface area contributed by atoms with Crippen molar-refractivity contribution in [2.75, 3.05) is 18.1 Å².